The Balaban J connectivity index is 1.98. The second kappa shape index (κ2) is 15.2. The number of halogens is 1. The van der Waals surface area contributed by atoms with Crippen LogP contribution in [0.4, 0.5) is 0 Å². The van der Waals surface area contributed by atoms with Gasteiger partial charge in [0.1, 0.15) is 18.0 Å². The zero-order valence-electron chi connectivity index (χ0n) is 22.9. The van der Waals surface area contributed by atoms with Crippen LogP contribution in [-0.4, -0.2) is 84.2 Å². The van der Waals surface area contributed by atoms with Gasteiger partial charge < -0.3 is 39.7 Å². The Morgan fingerprint density at radius 3 is 2.50 bits per heavy atom. The summed E-state index contributed by atoms with van der Waals surface area (Å²) in [7, 11) is 3.06. The second-order valence-electron chi connectivity index (χ2n) is 9.29. The number of para-hydroxylation sites is 1. The van der Waals surface area contributed by atoms with Gasteiger partial charge >= 0.3 is 0 Å². The number of aliphatic hydroxyl groups is 3. The van der Waals surface area contributed by atoms with Crippen molar-refractivity contribution in [3.8, 4) is 17.2 Å². The topological polar surface area (TPSA) is 138 Å². The van der Waals surface area contributed by atoms with Crippen molar-refractivity contribution in [2.75, 3.05) is 33.9 Å². The molecule has 10 nitrogen and oxygen atoms in total. The minimum atomic E-state index is -1.17. The van der Waals surface area contributed by atoms with Gasteiger partial charge in [0.15, 0.2) is 11.5 Å². The minimum Gasteiger partial charge on any atom is -0.496 e. The third kappa shape index (κ3) is 7.65. The molecule has 0 radical (unpaired) electrons. The number of aliphatic hydroxyl groups excluding tert-OH is 3. The van der Waals surface area contributed by atoms with Crippen LogP contribution in [0.15, 0.2) is 48.0 Å². The maximum absolute atomic E-state index is 13.2. The molecule has 2 amide bonds. The molecular formula is C29H37IN2O8. The first-order chi connectivity index (χ1) is 19.3. The first-order valence-corrected chi connectivity index (χ1v) is 14.2. The number of methoxy groups -OCH3 is 2. The predicted octanol–water partition coefficient (Wildman–Crippen LogP) is 2.20. The van der Waals surface area contributed by atoms with Gasteiger partial charge in [-0.15, -0.1) is 0 Å². The van der Waals surface area contributed by atoms with Crippen LogP contribution in [0.2, 0.25) is 0 Å². The van der Waals surface area contributed by atoms with Crippen LogP contribution >= 0.6 is 22.6 Å². The predicted molar refractivity (Wildman–Crippen MR) is 157 cm³/mol. The number of carbonyl (C=O) groups is 2. The third-order valence-corrected chi connectivity index (χ3v) is 7.58. The summed E-state index contributed by atoms with van der Waals surface area (Å²) >= 11 is 2.06. The lowest BCUT2D eigenvalue weighted by atomic mass is 9.87. The first kappa shape index (κ1) is 31.7. The van der Waals surface area contributed by atoms with Crippen molar-refractivity contribution in [1.29, 1.82) is 0 Å². The molecule has 0 aromatic heterocycles. The van der Waals surface area contributed by atoms with Gasteiger partial charge in [0.25, 0.3) is 0 Å². The van der Waals surface area contributed by atoms with E-state index in [1.54, 1.807) is 37.1 Å². The summed E-state index contributed by atoms with van der Waals surface area (Å²) in [6.45, 7) is 1.70. The quantitative estimate of drug-likeness (QED) is 0.239. The highest BCUT2D eigenvalue weighted by Gasteiger charge is 2.40. The van der Waals surface area contributed by atoms with Crippen LogP contribution in [0.3, 0.4) is 0 Å². The normalized spacial score (nSPS) is 18.5. The summed E-state index contributed by atoms with van der Waals surface area (Å²) in [6, 6.07) is 10.2. The zero-order chi connectivity index (χ0) is 29.2. The molecule has 0 saturated carbocycles. The molecule has 0 aliphatic heterocycles. The van der Waals surface area contributed by atoms with Crippen LogP contribution in [-0.2, 0) is 22.6 Å². The molecule has 3 rings (SSSR count). The largest absolute Gasteiger partial charge is 0.496 e. The van der Waals surface area contributed by atoms with Gasteiger partial charge in [-0.05, 0) is 64.4 Å². The van der Waals surface area contributed by atoms with E-state index in [9.17, 15) is 24.9 Å². The van der Waals surface area contributed by atoms with Crippen molar-refractivity contribution in [3.05, 3.63) is 62.7 Å². The lowest BCUT2D eigenvalue weighted by Gasteiger charge is -2.40. The summed E-state index contributed by atoms with van der Waals surface area (Å²) in [4.78, 5) is 27.8. The van der Waals surface area contributed by atoms with E-state index in [0.29, 0.717) is 44.9 Å². The van der Waals surface area contributed by atoms with Crippen molar-refractivity contribution < 1.29 is 39.1 Å². The monoisotopic (exact) mass is 668 g/mol. The highest BCUT2D eigenvalue weighted by Crippen LogP contribution is 2.37. The molecule has 3 atom stereocenters. The van der Waals surface area contributed by atoms with E-state index in [-0.39, 0.29) is 38.5 Å². The smallest absolute Gasteiger partial charge is 0.247 e. The van der Waals surface area contributed by atoms with Crippen molar-refractivity contribution in [1.82, 2.24) is 10.2 Å². The molecule has 218 valence electrons. The van der Waals surface area contributed by atoms with Crippen molar-refractivity contribution in [2.45, 2.75) is 51.0 Å². The molecule has 0 bridgehead atoms. The number of rotatable bonds is 13. The van der Waals surface area contributed by atoms with Gasteiger partial charge in [-0.25, -0.2) is 0 Å². The molecule has 3 unspecified atom stereocenters. The lowest BCUT2D eigenvalue weighted by molar-refractivity contribution is -0.138. The minimum absolute atomic E-state index is 0.0642. The number of hydrogen-bond donors (Lipinski definition) is 4. The number of benzene rings is 2. The van der Waals surface area contributed by atoms with E-state index in [2.05, 4.69) is 27.9 Å². The number of ether oxygens (including phenoxy) is 3. The summed E-state index contributed by atoms with van der Waals surface area (Å²) in [5, 5.41) is 33.0. The standard InChI is InChI=1S/C29H37IN2O8/c1-4-26(35)32(11-9-19-7-5-6-8-23(19)38-2)22-15-20(29(37)31-10-12-33)16-24(27(22)36)40-28-21(30)13-18(17-34)14-25(28)39-3/h5-8,13-14,16,22,24,27,33-34,36H,4,9-12,15,17H2,1-3H3,(H,31,37). The molecule has 2 aromatic rings. The Morgan fingerprint density at radius 2 is 1.85 bits per heavy atom. The van der Waals surface area contributed by atoms with Gasteiger partial charge in [-0.2, -0.15) is 0 Å². The Labute approximate surface area is 248 Å². The molecule has 2 aromatic carbocycles. The Hall–Kier alpha value is -2.87. The van der Waals surface area contributed by atoms with Crippen LogP contribution in [0.5, 0.6) is 17.2 Å². The fourth-order valence-corrected chi connectivity index (χ4v) is 5.52. The molecule has 0 fully saturated rings. The molecular weight excluding hydrogens is 631 g/mol. The maximum Gasteiger partial charge on any atom is 0.247 e. The fraction of sp³-hybridized carbons (Fsp3) is 0.448. The summed E-state index contributed by atoms with van der Waals surface area (Å²) < 4.78 is 17.9. The Kier molecular flexibility index (Phi) is 12.0. The molecule has 0 saturated heterocycles. The third-order valence-electron chi connectivity index (χ3n) is 6.78. The number of hydrogen-bond acceptors (Lipinski definition) is 8. The molecule has 40 heavy (non-hydrogen) atoms. The fourth-order valence-electron chi connectivity index (χ4n) is 4.72. The van der Waals surface area contributed by atoms with E-state index in [0.717, 1.165) is 5.56 Å². The first-order valence-electron chi connectivity index (χ1n) is 13.1. The average Bonchev–Trinajstić information content (AvgIpc) is 2.97. The molecule has 4 N–H and O–H groups in total. The number of nitrogens with one attached hydrogen (secondary N) is 1. The number of carbonyl (C=O) groups excluding carboxylic acids is 2. The van der Waals surface area contributed by atoms with Gasteiger partial charge in [-0.3, -0.25) is 9.59 Å². The van der Waals surface area contributed by atoms with E-state index in [4.69, 9.17) is 14.2 Å². The van der Waals surface area contributed by atoms with Crippen LogP contribution in [0.25, 0.3) is 0 Å². The van der Waals surface area contributed by atoms with Crippen LogP contribution < -0.4 is 19.5 Å². The van der Waals surface area contributed by atoms with Gasteiger partial charge in [-0.1, -0.05) is 25.1 Å². The highest BCUT2D eigenvalue weighted by molar-refractivity contribution is 14.1. The van der Waals surface area contributed by atoms with Crippen molar-refractivity contribution in [2.24, 2.45) is 0 Å². The summed E-state index contributed by atoms with van der Waals surface area (Å²) in [5.74, 6) is 0.828. The average molecular weight is 669 g/mol. The second-order valence-corrected chi connectivity index (χ2v) is 10.4. The summed E-state index contributed by atoms with van der Waals surface area (Å²) in [6.07, 6.45) is 0.195. The summed E-state index contributed by atoms with van der Waals surface area (Å²) in [5.41, 5.74) is 1.88. The van der Waals surface area contributed by atoms with Gasteiger partial charge in [0, 0.05) is 31.5 Å². The van der Waals surface area contributed by atoms with Crippen LogP contribution in [0.1, 0.15) is 30.9 Å². The molecule has 11 heteroatoms. The van der Waals surface area contributed by atoms with E-state index >= 15 is 0 Å². The molecule has 0 heterocycles. The van der Waals surface area contributed by atoms with Gasteiger partial charge in [0.05, 0.1) is 37.0 Å². The van der Waals surface area contributed by atoms with Crippen molar-refractivity contribution >= 4 is 34.4 Å². The molecule has 0 spiro atoms. The SMILES string of the molecule is CCC(=O)N(CCc1ccccc1OC)C1CC(C(=O)NCCO)=CC(Oc2c(I)cc(CO)cc2OC)C1O. The highest BCUT2D eigenvalue weighted by atomic mass is 127. The maximum atomic E-state index is 13.2. The molecule has 1 aliphatic carbocycles. The molecule has 1 aliphatic rings. The lowest BCUT2D eigenvalue weighted by Crippen LogP contribution is -2.55. The zero-order valence-corrected chi connectivity index (χ0v) is 25.1. The number of amides is 2. The van der Waals surface area contributed by atoms with Gasteiger partial charge in [0.2, 0.25) is 11.8 Å². The number of nitrogens with zero attached hydrogens (tertiary/aromatic N) is 1. The van der Waals surface area contributed by atoms with E-state index < -0.39 is 24.2 Å². The Bertz CT molecular complexity index is 1200. The van der Waals surface area contributed by atoms with Crippen LogP contribution in [0, 0.1) is 3.57 Å². The van der Waals surface area contributed by atoms with Crippen molar-refractivity contribution in [3.63, 3.8) is 0 Å². The Morgan fingerprint density at radius 1 is 1.12 bits per heavy atom. The van der Waals surface area contributed by atoms with E-state index in [1.165, 1.54) is 7.11 Å². The van der Waals surface area contributed by atoms with E-state index in [1.807, 2.05) is 24.3 Å².